The van der Waals surface area contributed by atoms with E-state index in [1.54, 1.807) is 6.08 Å². The second-order valence-electron chi connectivity index (χ2n) is 7.29. The van der Waals surface area contributed by atoms with Crippen LogP contribution in [0.15, 0.2) is 35.9 Å². The molecule has 0 heterocycles. The lowest BCUT2D eigenvalue weighted by Crippen LogP contribution is -2.36. The molecule has 3 heteroatoms. The van der Waals surface area contributed by atoms with Crippen LogP contribution in [0.3, 0.4) is 0 Å². The Morgan fingerprint density at radius 1 is 1.17 bits per heavy atom. The summed E-state index contributed by atoms with van der Waals surface area (Å²) in [5.41, 5.74) is 0.957. The summed E-state index contributed by atoms with van der Waals surface area (Å²) in [6, 6.07) is 9.41. The lowest BCUT2D eigenvalue weighted by Gasteiger charge is -2.36. The van der Waals surface area contributed by atoms with E-state index in [0.29, 0.717) is 17.8 Å². The summed E-state index contributed by atoms with van der Waals surface area (Å²) in [7, 11) is 0. The van der Waals surface area contributed by atoms with Crippen molar-refractivity contribution in [2.45, 2.75) is 53.1 Å². The molecule has 1 saturated carbocycles. The zero-order valence-electron chi connectivity index (χ0n) is 15.1. The molecule has 0 amide bonds. The Labute approximate surface area is 145 Å². The SMILES string of the molecule is CC(=O)C(=Cc1ccccc1)C(=O)O[C@@H]1C[C@H](C)CC[C@@H]1C(C)C. The molecule has 3 nitrogen and oxygen atoms in total. The number of carbonyl (C=O) groups is 2. The third kappa shape index (κ3) is 4.80. The van der Waals surface area contributed by atoms with Crippen molar-refractivity contribution >= 4 is 17.8 Å². The molecule has 0 aliphatic heterocycles. The van der Waals surface area contributed by atoms with Gasteiger partial charge in [-0.05, 0) is 49.2 Å². The molecule has 0 bridgehead atoms. The summed E-state index contributed by atoms with van der Waals surface area (Å²) in [6.07, 6.45) is 4.66. The molecule has 1 aliphatic rings. The molecule has 1 aliphatic carbocycles. The first kappa shape index (κ1) is 18.4. The molecule has 0 saturated heterocycles. The molecule has 0 unspecified atom stereocenters. The second-order valence-corrected chi connectivity index (χ2v) is 7.29. The monoisotopic (exact) mass is 328 g/mol. The number of hydrogen-bond acceptors (Lipinski definition) is 3. The van der Waals surface area contributed by atoms with Gasteiger partial charge in [0.1, 0.15) is 11.7 Å². The van der Waals surface area contributed by atoms with Crippen LogP contribution in [-0.4, -0.2) is 17.9 Å². The van der Waals surface area contributed by atoms with Crippen LogP contribution in [0, 0.1) is 17.8 Å². The molecular weight excluding hydrogens is 300 g/mol. The van der Waals surface area contributed by atoms with Crippen LogP contribution in [0.4, 0.5) is 0 Å². The summed E-state index contributed by atoms with van der Waals surface area (Å²) < 4.78 is 5.80. The third-order valence-electron chi connectivity index (χ3n) is 4.93. The van der Waals surface area contributed by atoms with E-state index in [0.717, 1.165) is 18.4 Å². The number of ketones is 1. The van der Waals surface area contributed by atoms with Gasteiger partial charge in [0.05, 0.1) is 0 Å². The van der Waals surface area contributed by atoms with Crippen LogP contribution < -0.4 is 0 Å². The van der Waals surface area contributed by atoms with Gasteiger partial charge in [0, 0.05) is 0 Å². The minimum absolute atomic E-state index is 0.0974. The van der Waals surface area contributed by atoms with Gasteiger partial charge in [-0.3, -0.25) is 4.79 Å². The molecular formula is C21H28O3. The Morgan fingerprint density at radius 2 is 1.83 bits per heavy atom. The van der Waals surface area contributed by atoms with Crippen LogP contribution in [0.5, 0.6) is 0 Å². The van der Waals surface area contributed by atoms with E-state index in [-0.39, 0.29) is 17.5 Å². The van der Waals surface area contributed by atoms with Gasteiger partial charge in [-0.25, -0.2) is 4.79 Å². The Balaban J connectivity index is 2.18. The van der Waals surface area contributed by atoms with E-state index in [2.05, 4.69) is 20.8 Å². The second kappa shape index (κ2) is 8.27. The zero-order chi connectivity index (χ0) is 17.7. The topological polar surface area (TPSA) is 43.4 Å². The molecule has 0 radical (unpaired) electrons. The van der Waals surface area contributed by atoms with Crippen molar-refractivity contribution in [1.29, 1.82) is 0 Å². The number of Topliss-reactive ketones (excluding diaryl/α,β-unsaturated/α-hetero) is 1. The van der Waals surface area contributed by atoms with Crippen molar-refractivity contribution in [2.75, 3.05) is 0 Å². The van der Waals surface area contributed by atoms with E-state index in [1.165, 1.54) is 13.3 Å². The molecule has 1 aromatic rings. The first-order valence-corrected chi connectivity index (χ1v) is 8.87. The number of hydrogen-bond donors (Lipinski definition) is 0. The molecule has 0 N–H and O–H groups in total. The lowest BCUT2D eigenvalue weighted by molar-refractivity contribution is -0.151. The Kier molecular flexibility index (Phi) is 6.36. The van der Waals surface area contributed by atoms with Crippen LogP contribution in [0.2, 0.25) is 0 Å². The summed E-state index contributed by atoms with van der Waals surface area (Å²) in [5.74, 6) is 0.644. The van der Waals surface area contributed by atoms with Crippen molar-refractivity contribution in [3.63, 3.8) is 0 Å². The summed E-state index contributed by atoms with van der Waals surface area (Å²) in [4.78, 5) is 24.6. The first-order valence-electron chi connectivity index (χ1n) is 8.87. The predicted octanol–water partition coefficient (Wildman–Crippen LogP) is 4.66. The first-order chi connectivity index (χ1) is 11.4. The van der Waals surface area contributed by atoms with Crippen LogP contribution in [0.1, 0.15) is 52.5 Å². The molecule has 130 valence electrons. The highest BCUT2D eigenvalue weighted by molar-refractivity contribution is 6.19. The smallest absolute Gasteiger partial charge is 0.342 e. The van der Waals surface area contributed by atoms with Crippen molar-refractivity contribution in [3.8, 4) is 0 Å². The average Bonchev–Trinajstić information content (AvgIpc) is 2.53. The quantitative estimate of drug-likeness (QED) is 0.342. The van der Waals surface area contributed by atoms with Crippen LogP contribution in [-0.2, 0) is 14.3 Å². The van der Waals surface area contributed by atoms with E-state index in [4.69, 9.17) is 4.74 Å². The summed E-state index contributed by atoms with van der Waals surface area (Å²) in [5, 5.41) is 0. The highest BCUT2D eigenvalue weighted by Crippen LogP contribution is 2.35. The molecule has 1 aromatic carbocycles. The van der Waals surface area contributed by atoms with Gasteiger partial charge in [0.2, 0.25) is 0 Å². The standard InChI is InChI=1S/C21H28O3/c1-14(2)18-11-10-15(3)12-20(18)24-21(23)19(16(4)22)13-17-8-6-5-7-9-17/h5-9,13-15,18,20H,10-12H2,1-4H3/t15-,18-,20-/m1/s1. The summed E-state index contributed by atoms with van der Waals surface area (Å²) >= 11 is 0. The third-order valence-corrected chi connectivity index (χ3v) is 4.93. The van der Waals surface area contributed by atoms with Gasteiger partial charge in [-0.1, -0.05) is 57.5 Å². The lowest BCUT2D eigenvalue weighted by atomic mass is 9.75. The molecule has 0 aromatic heterocycles. The maximum absolute atomic E-state index is 12.6. The number of rotatable bonds is 5. The van der Waals surface area contributed by atoms with Gasteiger partial charge < -0.3 is 4.74 Å². The van der Waals surface area contributed by atoms with E-state index < -0.39 is 5.97 Å². The van der Waals surface area contributed by atoms with Crippen LogP contribution in [0.25, 0.3) is 6.08 Å². The largest absolute Gasteiger partial charge is 0.458 e. The molecule has 2 rings (SSSR count). The number of ether oxygens (including phenoxy) is 1. The fraction of sp³-hybridized carbons (Fsp3) is 0.524. The van der Waals surface area contributed by atoms with Gasteiger partial charge in [0.25, 0.3) is 0 Å². The van der Waals surface area contributed by atoms with Crippen molar-refractivity contribution < 1.29 is 14.3 Å². The molecule has 24 heavy (non-hydrogen) atoms. The van der Waals surface area contributed by atoms with Crippen LogP contribution >= 0.6 is 0 Å². The maximum atomic E-state index is 12.6. The van der Waals surface area contributed by atoms with E-state index in [9.17, 15) is 9.59 Å². The summed E-state index contributed by atoms with van der Waals surface area (Å²) in [6.45, 7) is 7.96. The minimum Gasteiger partial charge on any atom is -0.458 e. The Hall–Kier alpha value is -1.90. The zero-order valence-corrected chi connectivity index (χ0v) is 15.1. The highest BCUT2D eigenvalue weighted by atomic mass is 16.5. The Bertz CT molecular complexity index is 601. The molecule has 0 spiro atoms. The van der Waals surface area contributed by atoms with Gasteiger partial charge in [0.15, 0.2) is 5.78 Å². The van der Waals surface area contributed by atoms with Gasteiger partial charge >= 0.3 is 5.97 Å². The fourth-order valence-electron chi connectivity index (χ4n) is 3.47. The van der Waals surface area contributed by atoms with Gasteiger partial charge in [-0.2, -0.15) is 0 Å². The highest BCUT2D eigenvalue weighted by Gasteiger charge is 2.34. The van der Waals surface area contributed by atoms with Crippen molar-refractivity contribution in [2.24, 2.45) is 17.8 Å². The van der Waals surface area contributed by atoms with E-state index >= 15 is 0 Å². The Morgan fingerprint density at radius 3 is 2.42 bits per heavy atom. The molecule has 1 fully saturated rings. The maximum Gasteiger partial charge on any atom is 0.342 e. The fourth-order valence-corrected chi connectivity index (χ4v) is 3.47. The number of benzene rings is 1. The van der Waals surface area contributed by atoms with Crippen molar-refractivity contribution in [1.82, 2.24) is 0 Å². The minimum atomic E-state index is -0.490. The number of carbonyl (C=O) groups excluding carboxylic acids is 2. The molecule has 3 atom stereocenters. The number of esters is 1. The van der Waals surface area contributed by atoms with Gasteiger partial charge in [-0.15, -0.1) is 0 Å². The van der Waals surface area contributed by atoms with E-state index in [1.807, 2.05) is 30.3 Å². The van der Waals surface area contributed by atoms with Crippen molar-refractivity contribution in [3.05, 3.63) is 41.5 Å². The average molecular weight is 328 g/mol. The normalized spacial score (nSPS) is 24.7. The predicted molar refractivity (Wildman–Crippen MR) is 96.3 cm³/mol.